The Balaban J connectivity index is 0. The van der Waals surface area contributed by atoms with Crippen LogP contribution >= 0.6 is 11.6 Å². The van der Waals surface area contributed by atoms with Gasteiger partial charge in [0, 0.05) is 31.9 Å². The molecule has 6 heteroatoms. The quantitative estimate of drug-likeness (QED) is 0.447. The third-order valence-electron chi connectivity index (χ3n) is 2.14. The van der Waals surface area contributed by atoms with Gasteiger partial charge in [-0.15, -0.1) is 11.6 Å². The van der Waals surface area contributed by atoms with Crippen LogP contribution in [0.1, 0.15) is 17.7 Å². The van der Waals surface area contributed by atoms with E-state index in [4.69, 9.17) is 21.1 Å². The molecular formula is C11H19ClKNO3. The topological polar surface area (TPSA) is 62.9 Å². The van der Waals surface area contributed by atoms with Crippen molar-refractivity contribution in [2.24, 2.45) is 0 Å². The first kappa shape index (κ1) is 20.1. The molecule has 2 N–H and O–H groups in total. The molecular weight excluding hydrogens is 269 g/mol. The van der Waals surface area contributed by atoms with E-state index in [1.165, 1.54) is 0 Å². The molecule has 94 valence electrons. The average molecular weight is 288 g/mol. The summed E-state index contributed by atoms with van der Waals surface area (Å²) in [6.45, 7) is 3.34. The average Bonchev–Trinajstić information content (AvgIpc) is 2.26. The Bertz CT molecular complexity index is 313. The Morgan fingerprint density at radius 1 is 1.35 bits per heavy atom. The molecule has 0 unspecified atom stereocenters. The third kappa shape index (κ3) is 7.08. The van der Waals surface area contributed by atoms with Crippen molar-refractivity contribution in [3.05, 3.63) is 23.5 Å². The van der Waals surface area contributed by atoms with E-state index in [-0.39, 0.29) is 56.9 Å². The van der Waals surface area contributed by atoms with Gasteiger partial charge < -0.3 is 14.9 Å². The van der Waals surface area contributed by atoms with Gasteiger partial charge in [-0.1, -0.05) is 0 Å². The van der Waals surface area contributed by atoms with Crippen LogP contribution in [0.15, 0.2) is 12.3 Å². The molecule has 17 heavy (non-hydrogen) atoms. The second kappa shape index (κ2) is 11.9. The number of nitrogens with zero attached hydrogens (tertiary/aromatic N) is 1. The van der Waals surface area contributed by atoms with Crippen LogP contribution in [0.25, 0.3) is 0 Å². The van der Waals surface area contributed by atoms with Crippen molar-refractivity contribution in [1.29, 1.82) is 0 Å². The normalized spacial score (nSPS) is 9.12. The van der Waals surface area contributed by atoms with Crippen molar-refractivity contribution < 1.29 is 14.9 Å². The number of alkyl halides is 1. The van der Waals surface area contributed by atoms with Crippen molar-refractivity contribution in [3.8, 4) is 5.75 Å². The number of aromatic nitrogens is 1. The molecule has 0 radical (unpaired) electrons. The zero-order valence-electron chi connectivity index (χ0n) is 9.62. The van der Waals surface area contributed by atoms with Crippen molar-refractivity contribution >= 4 is 63.0 Å². The second-order valence-electron chi connectivity index (χ2n) is 3.21. The molecule has 0 spiro atoms. The van der Waals surface area contributed by atoms with E-state index in [2.05, 4.69) is 4.98 Å². The minimum absolute atomic E-state index is 0. The van der Waals surface area contributed by atoms with Crippen molar-refractivity contribution in [2.75, 3.05) is 20.3 Å². The molecule has 1 rings (SSSR count). The fourth-order valence-electron chi connectivity index (χ4n) is 1.24. The third-order valence-corrected chi connectivity index (χ3v) is 2.39. The molecule has 0 aliphatic heterocycles. The molecule has 0 bridgehead atoms. The molecule has 0 saturated heterocycles. The summed E-state index contributed by atoms with van der Waals surface area (Å²) < 4.78 is 10.5. The standard InChI is InChI=1S/C11H16ClNO2.K.H2O.H/c1-9-10(8-12)13-5-4-11(9)15-7-3-6-14-2;;;/h4-5H,3,6-8H2,1-2H3;;1H2;. The van der Waals surface area contributed by atoms with Gasteiger partial charge in [0.25, 0.3) is 0 Å². The number of rotatable bonds is 6. The van der Waals surface area contributed by atoms with Gasteiger partial charge in [-0.2, -0.15) is 0 Å². The van der Waals surface area contributed by atoms with E-state index in [1.807, 2.05) is 13.0 Å². The van der Waals surface area contributed by atoms with Crippen LogP contribution in [0, 0.1) is 6.92 Å². The molecule has 0 aromatic carbocycles. The van der Waals surface area contributed by atoms with Crippen molar-refractivity contribution in [3.63, 3.8) is 0 Å². The summed E-state index contributed by atoms with van der Waals surface area (Å²) in [4.78, 5) is 4.17. The molecule has 0 amide bonds. The number of hydrogen-bond acceptors (Lipinski definition) is 3. The van der Waals surface area contributed by atoms with Gasteiger partial charge in [0.05, 0.1) is 18.2 Å². The summed E-state index contributed by atoms with van der Waals surface area (Å²) in [6.07, 6.45) is 2.60. The van der Waals surface area contributed by atoms with Crippen LogP contribution in [0.4, 0.5) is 0 Å². The number of ether oxygens (including phenoxy) is 2. The van der Waals surface area contributed by atoms with Crippen LogP contribution in [0.5, 0.6) is 5.75 Å². The first-order valence-electron chi connectivity index (χ1n) is 4.91. The predicted molar refractivity (Wildman–Crippen MR) is 71.3 cm³/mol. The Morgan fingerprint density at radius 2 is 2.06 bits per heavy atom. The van der Waals surface area contributed by atoms with Gasteiger partial charge in [0.1, 0.15) is 5.75 Å². The Morgan fingerprint density at radius 3 is 2.65 bits per heavy atom. The van der Waals surface area contributed by atoms with Crippen molar-refractivity contribution in [2.45, 2.75) is 19.2 Å². The van der Waals surface area contributed by atoms with Crippen LogP contribution in [-0.4, -0.2) is 82.2 Å². The fourth-order valence-corrected chi connectivity index (χ4v) is 1.50. The van der Waals surface area contributed by atoms with E-state index in [9.17, 15) is 0 Å². The number of halogens is 1. The molecule has 0 saturated carbocycles. The summed E-state index contributed by atoms with van der Waals surface area (Å²) >= 11 is 5.75. The molecule has 4 nitrogen and oxygen atoms in total. The number of methoxy groups -OCH3 is 1. The van der Waals surface area contributed by atoms with Gasteiger partial charge in [-0.25, -0.2) is 0 Å². The molecule has 0 atom stereocenters. The summed E-state index contributed by atoms with van der Waals surface area (Å²) in [7, 11) is 1.68. The Labute approximate surface area is 150 Å². The van der Waals surface area contributed by atoms with E-state index in [0.717, 1.165) is 23.4 Å². The maximum atomic E-state index is 5.75. The van der Waals surface area contributed by atoms with Gasteiger partial charge in [-0.05, 0) is 13.0 Å². The summed E-state index contributed by atoms with van der Waals surface area (Å²) in [6, 6.07) is 1.86. The first-order valence-corrected chi connectivity index (χ1v) is 5.45. The fraction of sp³-hybridized carbons (Fsp3) is 0.545. The van der Waals surface area contributed by atoms with Gasteiger partial charge >= 0.3 is 51.4 Å². The molecule has 1 heterocycles. The summed E-state index contributed by atoms with van der Waals surface area (Å²) in [5, 5.41) is 0. The van der Waals surface area contributed by atoms with E-state index in [1.54, 1.807) is 13.3 Å². The Hall–Kier alpha value is 0.796. The molecule has 0 fully saturated rings. The molecule has 0 aliphatic carbocycles. The van der Waals surface area contributed by atoms with Crippen molar-refractivity contribution in [1.82, 2.24) is 4.98 Å². The number of pyridine rings is 1. The molecule has 1 aromatic rings. The van der Waals surface area contributed by atoms with Crippen LogP contribution in [-0.2, 0) is 10.6 Å². The SMILES string of the molecule is COCCCOc1ccnc(CCl)c1C.O.[KH]. The second-order valence-corrected chi connectivity index (χ2v) is 3.48. The predicted octanol–water partition coefficient (Wildman–Crippen LogP) is 1.07. The minimum atomic E-state index is 0. The van der Waals surface area contributed by atoms with E-state index >= 15 is 0 Å². The zero-order chi connectivity index (χ0) is 11.1. The summed E-state index contributed by atoms with van der Waals surface area (Å²) in [5.74, 6) is 1.28. The Kier molecular flexibility index (Phi) is 14.0. The van der Waals surface area contributed by atoms with Gasteiger partial charge in [-0.3, -0.25) is 4.98 Å². The van der Waals surface area contributed by atoms with Crippen LogP contribution in [0.3, 0.4) is 0 Å². The van der Waals surface area contributed by atoms with E-state index < -0.39 is 0 Å². The molecule has 1 aromatic heterocycles. The molecule has 0 aliphatic rings. The van der Waals surface area contributed by atoms with Gasteiger partial charge in [0.15, 0.2) is 0 Å². The summed E-state index contributed by atoms with van der Waals surface area (Å²) in [5.41, 5.74) is 1.89. The van der Waals surface area contributed by atoms with Gasteiger partial charge in [0.2, 0.25) is 0 Å². The van der Waals surface area contributed by atoms with Crippen LogP contribution in [0.2, 0.25) is 0 Å². The van der Waals surface area contributed by atoms with Crippen LogP contribution < -0.4 is 4.74 Å². The van der Waals surface area contributed by atoms with E-state index in [0.29, 0.717) is 19.1 Å². The number of hydrogen-bond donors (Lipinski definition) is 0. The first-order chi connectivity index (χ1) is 7.29. The monoisotopic (exact) mass is 287 g/mol. The zero-order valence-corrected chi connectivity index (χ0v) is 10.4. The maximum absolute atomic E-state index is 5.75.